The van der Waals surface area contributed by atoms with Gasteiger partial charge in [0.1, 0.15) is 28.7 Å². The van der Waals surface area contributed by atoms with Crippen LogP contribution in [0.25, 0.3) is 22.4 Å². The van der Waals surface area contributed by atoms with Crippen LogP contribution in [0.5, 0.6) is 0 Å². The van der Waals surface area contributed by atoms with Gasteiger partial charge in [0.15, 0.2) is 5.65 Å². The van der Waals surface area contributed by atoms with E-state index in [0.717, 1.165) is 36.8 Å². The Bertz CT molecular complexity index is 1490. The number of anilines is 1. The second-order valence-corrected chi connectivity index (χ2v) is 10.6. The Morgan fingerprint density at radius 1 is 1.05 bits per heavy atom. The molecule has 0 spiro atoms. The van der Waals surface area contributed by atoms with Crippen LogP contribution in [-0.4, -0.2) is 49.0 Å². The van der Waals surface area contributed by atoms with Crippen molar-refractivity contribution in [1.82, 2.24) is 29.3 Å². The number of nitrogens with zero attached hydrogens (tertiary/aromatic N) is 7. The smallest absolute Gasteiger partial charge is 0.207 e. The fraction of sp³-hybridized carbons (Fsp3) is 0.481. The van der Waals surface area contributed by atoms with Gasteiger partial charge in [0.05, 0.1) is 18.3 Å². The number of rotatable bonds is 6. The third kappa shape index (κ3) is 4.07. The van der Waals surface area contributed by atoms with E-state index in [1.54, 1.807) is 0 Å². The molecule has 7 rings (SSSR count). The maximum atomic E-state index is 15.1. The standard InChI is InChI=1S/C27H29F2N7O/c1-34(18-4-5-18)27-33-26-24(35(27)2)23(20-8-3-17(28)12-21(20)29)31-25(32-26)15-9-10-37-22(11-15)16-13-30-36(14-16)19-6-7-19/h3,8,12-15,18-19,22H,4-7,9-11H2,1-2H3/t15-,22+/m1/s1. The third-order valence-electron chi connectivity index (χ3n) is 7.88. The molecular formula is C27H29F2N7O. The van der Waals surface area contributed by atoms with E-state index in [0.29, 0.717) is 47.8 Å². The molecule has 2 saturated carbocycles. The monoisotopic (exact) mass is 505 g/mol. The summed E-state index contributed by atoms with van der Waals surface area (Å²) < 4.78 is 38.9. The molecule has 10 heteroatoms. The fourth-order valence-corrected chi connectivity index (χ4v) is 5.43. The molecule has 8 nitrogen and oxygen atoms in total. The van der Waals surface area contributed by atoms with Crippen LogP contribution >= 0.6 is 0 Å². The molecular weight excluding hydrogens is 476 g/mol. The molecule has 4 aromatic rings. The number of ether oxygens (including phenoxy) is 1. The Hall–Kier alpha value is -3.40. The van der Waals surface area contributed by atoms with Crippen LogP contribution in [0, 0.1) is 11.6 Å². The quantitative estimate of drug-likeness (QED) is 0.364. The van der Waals surface area contributed by atoms with Crippen LogP contribution in [0.3, 0.4) is 0 Å². The molecule has 37 heavy (non-hydrogen) atoms. The molecule has 0 amide bonds. The van der Waals surface area contributed by atoms with Crippen LogP contribution in [-0.2, 0) is 11.8 Å². The number of hydrogen-bond donors (Lipinski definition) is 0. The van der Waals surface area contributed by atoms with Gasteiger partial charge in [0.2, 0.25) is 5.95 Å². The molecule has 4 heterocycles. The molecule has 0 N–H and O–H groups in total. The van der Waals surface area contributed by atoms with Gasteiger partial charge in [0.25, 0.3) is 0 Å². The topological polar surface area (TPSA) is 73.9 Å². The Kier molecular flexibility index (Phi) is 5.28. The number of halogens is 2. The molecule has 3 fully saturated rings. The minimum atomic E-state index is -0.651. The lowest BCUT2D eigenvalue weighted by atomic mass is 9.92. The van der Waals surface area contributed by atoms with Gasteiger partial charge in [0, 0.05) is 56.1 Å². The van der Waals surface area contributed by atoms with Crippen LogP contribution < -0.4 is 4.90 Å². The zero-order valence-electron chi connectivity index (χ0n) is 20.9. The average molecular weight is 506 g/mol. The van der Waals surface area contributed by atoms with E-state index in [9.17, 15) is 4.39 Å². The Morgan fingerprint density at radius 3 is 2.65 bits per heavy atom. The lowest BCUT2D eigenvalue weighted by Crippen LogP contribution is -2.22. The van der Waals surface area contributed by atoms with Crippen molar-refractivity contribution < 1.29 is 13.5 Å². The predicted molar refractivity (Wildman–Crippen MR) is 134 cm³/mol. The van der Waals surface area contributed by atoms with Gasteiger partial charge in [-0.1, -0.05) is 0 Å². The highest BCUT2D eigenvalue weighted by molar-refractivity contribution is 5.89. The van der Waals surface area contributed by atoms with Gasteiger partial charge >= 0.3 is 0 Å². The first-order chi connectivity index (χ1) is 18.0. The summed E-state index contributed by atoms with van der Waals surface area (Å²) in [6, 6.07) is 4.58. The summed E-state index contributed by atoms with van der Waals surface area (Å²) in [5.41, 5.74) is 2.92. The maximum Gasteiger partial charge on any atom is 0.207 e. The van der Waals surface area contributed by atoms with E-state index in [4.69, 9.17) is 19.7 Å². The number of benzene rings is 1. The minimum absolute atomic E-state index is 0.0151. The molecule has 1 aliphatic heterocycles. The highest BCUT2D eigenvalue weighted by Crippen LogP contribution is 2.41. The number of fused-ring (bicyclic) bond motifs is 1. The van der Waals surface area contributed by atoms with Gasteiger partial charge in [-0.05, 0) is 50.7 Å². The summed E-state index contributed by atoms with van der Waals surface area (Å²) in [6.07, 6.45) is 9.94. The Labute approximate surface area is 213 Å². The van der Waals surface area contributed by atoms with Gasteiger partial charge < -0.3 is 14.2 Å². The average Bonchev–Trinajstić information content (AvgIpc) is 3.84. The lowest BCUT2D eigenvalue weighted by molar-refractivity contribution is 0.00396. The summed E-state index contributed by atoms with van der Waals surface area (Å²) in [4.78, 5) is 16.8. The molecule has 192 valence electrons. The van der Waals surface area contributed by atoms with Crippen LogP contribution in [0.15, 0.2) is 30.6 Å². The normalized spacial score (nSPS) is 22.1. The summed E-state index contributed by atoms with van der Waals surface area (Å²) in [5.74, 6) is 0.130. The maximum absolute atomic E-state index is 15.1. The van der Waals surface area contributed by atoms with E-state index < -0.39 is 11.6 Å². The minimum Gasteiger partial charge on any atom is -0.373 e. The molecule has 0 radical (unpaired) electrons. The third-order valence-corrected chi connectivity index (χ3v) is 7.88. The van der Waals surface area contributed by atoms with E-state index in [-0.39, 0.29) is 17.6 Å². The zero-order chi connectivity index (χ0) is 25.3. The van der Waals surface area contributed by atoms with Crippen molar-refractivity contribution in [3.63, 3.8) is 0 Å². The van der Waals surface area contributed by atoms with E-state index in [2.05, 4.69) is 16.2 Å². The highest BCUT2D eigenvalue weighted by Gasteiger charge is 2.33. The fourth-order valence-electron chi connectivity index (χ4n) is 5.43. The Morgan fingerprint density at radius 2 is 1.89 bits per heavy atom. The summed E-state index contributed by atoms with van der Waals surface area (Å²) >= 11 is 0. The zero-order valence-corrected chi connectivity index (χ0v) is 20.9. The number of hydrogen-bond acceptors (Lipinski definition) is 6. The second-order valence-electron chi connectivity index (χ2n) is 10.6. The highest BCUT2D eigenvalue weighted by atomic mass is 19.1. The summed E-state index contributed by atoms with van der Waals surface area (Å²) in [6.45, 7) is 0.573. The van der Waals surface area contributed by atoms with Crippen molar-refractivity contribution in [2.24, 2.45) is 7.05 Å². The van der Waals surface area contributed by atoms with Crippen molar-refractivity contribution in [1.29, 1.82) is 0 Å². The first-order valence-corrected chi connectivity index (χ1v) is 13.0. The predicted octanol–water partition coefficient (Wildman–Crippen LogP) is 5.07. The van der Waals surface area contributed by atoms with Crippen LogP contribution in [0.4, 0.5) is 14.7 Å². The lowest BCUT2D eigenvalue weighted by Gasteiger charge is -2.28. The van der Waals surface area contributed by atoms with E-state index in [1.807, 2.05) is 29.5 Å². The van der Waals surface area contributed by atoms with Gasteiger partial charge in [-0.2, -0.15) is 10.1 Å². The molecule has 1 aromatic carbocycles. The Balaban J connectivity index is 1.30. The first kappa shape index (κ1) is 22.8. The van der Waals surface area contributed by atoms with Crippen molar-refractivity contribution in [2.45, 2.75) is 62.6 Å². The second kappa shape index (κ2) is 8.58. The van der Waals surface area contributed by atoms with Crippen molar-refractivity contribution in [3.05, 3.63) is 53.6 Å². The van der Waals surface area contributed by atoms with Crippen LogP contribution in [0.1, 0.15) is 68.0 Å². The molecule has 1 saturated heterocycles. The number of aromatic nitrogens is 6. The van der Waals surface area contributed by atoms with Crippen LogP contribution in [0.2, 0.25) is 0 Å². The first-order valence-electron chi connectivity index (χ1n) is 13.0. The molecule has 3 aromatic heterocycles. The molecule has 0 bridgehead atoms. The van der Waals surface area contributed by atoms with E-state index >= 15 is 4.39 Å². The molecule has 3 aliphatic rings. The largest absolute Gasteiger partial charge is 0.373 e. The van der Waals surface area contributed by atoms with E-state index in [1.165, 1.54) is 25.0 Å². The molecule has 2 aliphatic carbocycles. The van der Waals surface area contributed by atoms with Gasteiger partial charge in [-0.3, -0.25) is 4.68 Å². The SMILES string of the molecule is CN(c1nc2nc([C@@H]3CCO[C@H](c4cnn(C5CC5)c4)C3)nc(-c3ccc(F)cc3F)c2n1C)C1CC1. The molecule has 0 unspecified atom stereocenters. The number of aryl methyl sites for hydroxylation is 1. The summed E-state index contributed by atoms with van der Waals surface area (Å²) in [5, 5.41) is 4.53. The van der Waals surface area contributed by atoms with Crippen molar-refractivity contribution >= 4 is 17.1 Å². The number of imidazole rings is 1. The summed E-state index contributed by atoms with van der Waals surface area (Å²) in [7, 11) is 3.93. The van der Waals surface area contributed by atoms with Gasteiger partial charge in [-0.15, -0.1) is 0 Å². The van der Waals surface area contributed by atoms with Crippen molar-refractivity contribution in [2.75, 3.05) is 18.6 Å². The molecule has 2 atom stereocenters. The van der Waals surface area contributed by atoms with Crippen molar-refractivity contribution in [3.8, 4) is 11.3 Å². The van der Waals surface area contributed by atoms with Gasteiger partial charge in [-0.25, -0.2) is 18.7 Å².